The van der Waals surface area contributed by atoms with Gasteiger partial charge in [0.2, 0.25) is 5.91 Å². The van der Waals surface area contributed by atoms with Crippen molar-refractivity contribution in [2.75, 3.05) is 24.3 Å². The number of nitrogens with zero attached hydrogens (tertiary/aromatic N) is 3. The summed E-state index contributed by atoms with van der Waals surface area (Å²) in [5.74, 6) is 2.31. The Kier molecular flexibility index (Phi) is 5.48. The first kappa shape index (κ1) is 18.4. The second-order valence-electron chi connectivity index (χ2n) is 6.12. The Hall–Kier alpha value is -3.00. The molecule has 144 valence electrons. The molecular formula is C20H20N4O3S. The number of hydrogen-bond donors (Lipinski definition) is 1. The van der Waals surface area contributed by atoms with Crippen LogP contribution >= 0.6 is 11.8 Å². The maximum absolute atomic E-state index is 12.4. The number of benzene rings is 2. The third kappa shape index (κ3) is 3.96. The second kappa shape index (κ2) is 8.35. The largest absolute Gasteiger partial charge is 0.486 e. The van der Waals surface area contributed by atoms with Crippen LogP contribution in [0.1, 0.15) is 12.7 Å². The Labute approximate surface area is 167 Å². The van der Waals surface area contributed by atoms with E-state index in [0.29, 0.717) is 35.6 Å². The minimum atomic E-state index is -0.123. The fraction of sp³-hybridized carbons (Fsp3) is 0.250. The van der Waals surface area contributed by atoms with Gasteiger partial charge in [-0.3, -0.25) is 9.36 Å². The van der Waals surface area contributed by atoms with E-state index >= 15 is 0 Å². The predicted molar refractivity (Wildman–Crippen MR) is 108 cm³/mol. The number of aromatic nitrogens is 3. The molecule has 4 rings (SSSR count). The topological polar surface area (TPSA) is 78.3 Å². The van der Waals surface area contributed by atoms with E-state index in [9.17, 15) is 4.79 Å². The summed E-state index contributed by atoms with van der Waals surface area (Å²) in [6, 6.07) is 15.3. The lowest BCUT2D eigenvalue weighted by atomic mass is 10.2. The van der Waals surface area contributed by atoms with E-state index in [1.165, 1.54) is 11.8 Å². The molecule has 2 heterocycles. The van der Waals surface area contributed by atoms with Gasteiger partial charge in [-0.1, -0.05) is 36.9 Å². The van der Waals surface area contributed by atoms with Gasteiger partial charge in [0.05, 0.1) is 5.75 Å². The number of aryl methyl sites for hydroxylation is 1. The number of amides is 1. The molecule has 0 atom stereocenters. The van der Waals surface area contributed by atoms with Crippen molar-refractivity contribution in [3.05, 3.63) is 54.4 Å². The van der Waals surface area contributed by atoms with Crippen LogP contribution in [0.4, 0.5) is 5.69 Å². The molecule has 1 N–H and O–H groups in total. The standard InChI is InChI=1S/C20H20N4O3S/c1-2-18-22-23-20(24(18)15-6-4-3-5-7-15)28-13-19(25)21-14-8-9-16-17(12-14)27-11-10-26-16/h3-9,12H,2,10-11,13H2,1H3,(H,21,25). The summed E-state index contributed by atoms with van der Waals surface area (Å²) >= 11 is 1.36. The van der Waals surface area contributed by atoms with E-state index in [1.807, 2.05) is 41.8 Å². The average Bonchev–Trinajstić information content (AvgIpc) is 3.16. The minimum absolute atomic E-state index is 0.123. The van der Waals surface area contributed by atoms with Gasteiger partial charge in [0.25, 0.3) is 0 Å². The minimum Gasteiger partial charge on any atom is -0.486 e. The van der Waals surface area contributed by atoms with Gasteiger partial charge in [-0.15, -0.1) is 10.2 Å². The van der Waals surface area contributed by atoms with Gasteiger partial charge in [0, 0.05) is 23.9 Å². The highest BCUT2D eigenvalue weighted by Gasteiger charge is 2.16. The van der Waals surface area contributed by atoms with Gasteiger partial charge in [-0.25, -0.2) is 0 Å². The van der Waals surface area contributed by atoms with Crippen molar-refractivity contribution in [1.82, 2.24) is 14.8 Å². The van der Waals surface area contributed by atoms with Crippen molar-refractivity contribution in [3.63, 3.8) is 0 Å². The molecule has 2 aromatic carbocycles. The Bertz CT molecular complexity index is 975. The summed E-state index contributed by atoms with van der Waals surface area (Å²) in [5, 5.41) is 12.1. The van der Waals surface area contributed by atoms with Gasteiger partial charge in [-0.2, -0.15) is 0 Å². The Morgan fingerprint density at radius 3 is 2.68 bits per heavy atom. The molecular weight excluding hydrogens is 376 g/mol. The highest BCUT2D eigenvalue weighted by Crippen LogP contribution is 2.32. The van der Waals surface area contributed by atoms with E-state index < -0.39 is 0 Å². The van der Waals surface area contributed by atoms with Crippen LogP contribution in [-0.4, -0.2) is 39.6 Å². The summed E-state index contributed by atoms with van der Waals surface area (Å²) in [5.41, 5.74) is 1.66. The van der Waals surface area contributed by atoms with E-state index in [-0.39, 0.29) is 11.7 Å². The van der Waals surface area contributed by atoms with E-state index in [2.05, 4.69) is 15.5 Å². The van der Waals surface area contributed by atoms with Crippen molar-refractivity contribution in [2.45, 2.75) is 18.5 Å². The molecule has 7 nitrogen and oxygen atoms in total. The van der Waals surface area contributed by atoms with Gasteiger partial charge in [-0.05, 0) is 24.3 Å². The van der Waals surface area contributed by atoms with Crippen LogP contribution in [-0.2, 0) is 11.2 Å². The maximum Gasteiger partial charge on any atom is 0.234 e. The predicted octanol–water partition coefficient (Wildman–Crippen LogP) is 3.33. The van der Waals surface area contributed by atoms with Crippen LogP contribution < -0.4 is 14.8 Å². The number of nitrogens with one attached hydrogen (secondary N) is 1. The Balaban J connectivity index is 1.44. The number of fused-ring (bicyclic) bond motifs is 1. The van der Waals surface area contributed by atoms with Crippen LogP contribution in [0.15, 0.2) is 53.7 Å². The molecule has 0 fully saturated rings. The van der Waals surface area contributed by atoms with Crippen molar-refractivity contribution >= 4 is 23.4 Å². The molecule has 1 aliphatic heterocycles. The first-order chi connectivity index (χ1) is 13.7. The van der Waals surface area contributed by atoms with E-state index in [4.69, 9.17) is 9.47 Å². The third-order valence-electron chi connectivity index (χ3n) is 4.19. The molecule has 28 heavy (non-hydrogen) atoms. The van der Waals surface area contributed by atoms with Crippen molar-refractivity contribution in [1.29, 1.82) is 0 Å². The number of para-hydroxylation sites is 1. The van der Waals surface area contributed by atoms with Crippen molar-refractivity contribution in [2.24, 2.45) is 0 Å². The number of anilines is 1. The summed E-state index contributed by atoms with van der Waals surface area (Å²) in [6.45, 7) is 3.08. The molecule has 0 unspecified atom stereocenters. The Morgan fingerprint density at radius 1 is 1.11 bits per heavy atom. The number of hydrogen-bond acceptors (Lipinski definition) is 6. The third-order valence-corrected chi connectivity index (χ3v) is 5.12. The number of ether oxygens (including phenoxy) is 2. The van der Waals surface area contributed by atoms with Crippen LogP contribution in [0.25, 0.3) is 5.69 Å². The normalized spacial score (nSPS) is 12.6. The monoisotopic (exact) mass is 396 g/mol. The van der Waals surface area contributed by atoms with Gasteiger partial charge in [0.15, 0.2) is 16.7 Å². The summed E-state index contributed by atoms with van der Waals surface area (Å²) in [7, 11) is 0. The zero-order chi connectivity index (χ0) is 19.3. The fourth-order valence-electron chi connectivity index (χ4n) is 2.91. The van der Waals surface area contributed by atoms with Crippen molar-refractivity contribution in [3.8, 4) is 17.2 Å². The molecule has 1 amide bonds. The molecule has 3 aromatic rings. The molecule has 1 aliphatic rings. The number of thioether (sulfide) groups is 1. The zero-order valence-corrected chi connectivity index (χ0v) is 16.2. The number of carbonyl (C=O) groups is 1. The lowest BCUT2D eigenvalue weighted by Crippen LogP contribution is -2.17. The molecule has 0 bridgehead atoms. The van der Waals surface area contributed by atoms with E-state index in [0.717, 1.165) is 17.9 Å². The average molecular weight is 396 g/mol. The molecule has 1 aromatic heterocycles. The molecule has 0 radical (unpaired) electrons. The lowest BCUT2D eigenvalue weighted by molar-refractivity contribution is -0.113. The zero-order valence-electron chi connectivity index (χ0n) is 15.4. The van der Waals surface area contributed by atoms with Crippen molar-refractivity contribution < 1.29 is 14.3 Å². The molecule has 0 spiro atoms. The van der Waals surface area contributed by atoms with Gasteiger partial charge in [0.1, 0.15) is 19.0 Å². The van der Waals surface area contributed by atoms with Crippen LogP contribution in [0.2, 0.25) is 0 Å². The second-order valence-corrected chi connectivity index (χ2v) is 7.06. The first-order valence-corrected chi connectivity index (χ1v) is 10.0. The van der Waals surface area contributed by atoms with Gasteiger partial charge < -0.3 is 14.8 Å². The highest BCUT2D eigenvalue weighted by atomic mass is 32.2. The highest BCUT2D eigenvalue weighted by molar-refractivity contribution is 7.99. The van der Waals surface area contributed by atoms with E-state index in [1.54, 1.807) is 18.2 Å². The van der Waals surface area contributed by atoms with Crippen LogP contribution in [0, 0.1) is 0 Å². The summed E-state index contributed by atoms with van der Waals surface area (Å²) < 4.78 is 13.0. The molecule has 0 saturated carbocycles. The smallest absolute Gasteiger partial charge is 0.234 e. The maximum atomic E-state index is 12.4. The molecule has 0 aliphatic carbocycles. The van der Waals surface area contributed by atoms with Crippen LogP contribution in [0.3, 0.4) is 0 Å². The summed E-state index contributed by atoms with van der Waals surface area (Å²) in [6.07, 6.45) is 0.756. The quantitative estimate of drug-likeness (QED) is 0.644. The first-order valence-electron chi connectivity index (χ1n) is 9.06. The Morgan fingerprint density at radius 2 is 1.89 bits per heavy atom. The number of carbonyl (C=O) groups excluding carboxylic acids is 1. The SMILES string of the molecule is CCc1nnc(SCC(=O)Nc2ccc3c(c2)OCCO3)n1-c1ccccc1. The summed E-state index contributed by atoms with van der Waals surface area (Å²) in [4.78, 5) is 12.4. The van der Waals surface area contributed by atoms with Crippen LogP contribution in [0.5, 0.6) is 11.5 Å². The molecule has 0 saturated heterocycles. The lowest BCUT2D eigenvalue weighted by Gasteiger charge is -2.19. The molecule has 8 heteroatoms. The van der Waals surface area contributed by atoms with Gasteiger partial charge >= 0.3 is 0 Å². The fourth-order valence-corrected chi connectivity index (χ4v) is 3.68. The number of rotatable bonds is 6.